The molecule has 5 nitrogen and oxygen atoms in total. The smallest absolute Gasteiger partial charge is 0.264 e. The number of unbranched alkanes of at least 4 members (excludes halogenated alkanes) is 1. The molecule has 7 heteroatoms. The van der Waals surface area contributed by atoms with Gasteiger partial charge >= 0.3 is 0 Å². The van der Waals surface area contributed by atoms with Crippen LogP contribution in [0.25, 0.3) is 0 Å². The highest BCUT2D eigenvalue weighted by molar-refractivity contribution is 7.92. The summed E-state index contributed by atoms with van der Waals surface area (Å²) < 4.78 is 26.4. The minimum absolute atomic E-state index is 0.190. The Morgan fingerprint density at radius 3 is 2.44 bits per heavy atom. The second kappa shape index (κ2) is 8.36. The molecule has 1 N–H and O–H groups in total. The van der Waals surface area contributed by atoms with E-state index in [1.54, 1.807) is 24.3 Å². The lowest BCUT2D eigenvalue weighted by Gasteiger charge is -2.20. The highest BCUT2D eigenvalue weighted by Gasteiger charge is 2.22. The minimum Gasteiger partial charge on any atom is -0.352 e. The zero-order chi connectivity index (χ0) is 18.4. The Morgan fingerprint density at radius 1 is 1.16 bits per heavy atom. The molecule has 0 spiro atoms. The molecule has 0 aliphatic carbocycles. The number of amides is 1. The minimum atomic E-state index is -3.69. The first-order chi connectivity index (χ1) is 11.9. The molecule has 134 valence electrons. The average Bonchev–Trinajstić information content (AvgIpc) is 2.61. The normalized spacial score (nSPS) is 11.2. The van der Waals surface area contributed by atoms with Gasteiger partial charge in [0.25, 0.3) is 15.9 Å². The topological polar surface area (TPSA) is 66.5 Å². The molecule has 0 bridgehead atoms. The fourth-order valence-corrected chi connectivity index (χ4v) is 3.72. The molecule has 0 aliphatic heterocycles. The third-order valence-electron chi connectivity index (χ3n) is 3.78. The second-order valence-electron chi connectivity index (χ2n) is 5.56. The largest absolute Gasteiger partial charge is 0.352 e. The van der Waals surface area contributed by atoms with Crippen LogP contribution in [0, 0.1) is 0 Å². The Balaban J connectivity index is 2.23. The fraction of sp³-hybridized carbons (Fsp3) is 0.278. The van der Waals surface area contributed by atoms with Crippen molar-refractivity contribution in [2.45, 2.75) is 24.7 Å². The van der Waals surface area contributed by atoms with Crippen molar-refractivity contribution in [1.29, 1.82) is 0 Å². The van der Waals surface area contributed by atoms with Gasteiger partial charge in [-0.2, -0.15) is 0 Å². The van der Waals surface area contributed by atoms with Crippen LogP contribution in [-0.4, -0.2) is 27.9 Å². The van der Waals surface area contributed by atoms with Crippen molar-refractivity contribution in [1.82, 2.24) is 5.32 Å². The van der Waals surface area contributed by atoms with E-state index in [9.17, 15) is 13.2 Å². The van der Waals surface area contributed by atoms with Gasteiger partial charge in [-0.05, 0) is 36.8 Å². The summed E-state index contributed by atoms with van der Waals surface area (Å²) in [5, 5.41) is 3.00. The number of sulfonamides is 1. The Hall–Kier alpha value is -2.05. The summed E-state index contributed by atoms with van der Waals surface area (Å²) in [5.74, 6) is -0.265. The summed E-state index contributed by atoms with van der Waals surface area (Å²) in [4.78, 5) is 12.3. The standard InChI is InChI=1S/C18H21ClN2O3S/c1-3-4-12-20-18(22)16-11-10-14(13-17(16)19)21(2)25(23,24)15-8-6-5-7-9-15/h5-11,13H,3-4,12H2,1-2H3,(H,20,22). The molecule has 0 heterocycles. The maximum Gasteiger partial charge on any atom is 0.264 e. The van der Waals surface area contributed by atoms with E-state index in [0.29, 0.717) is 17.8 Å². The van der Waals surface area contributed by atoms with Crippen LogP contribution < -0.4 is 9.62 Å². The molecule has 0 fully saturated rings. The van der Waals surface area contributed by atoms with Crippen molar-refractivity contribution in [2.24, 2.45) is 0 Å². The lowest BCUT2D eigenvalue weighted by molar-refractivity contribution is 0.0953. The van der Waals surface area contributed by atoms with E-state index in [-0.39, 0.29) is 15.8 Å². The van der Waals surface area contributed by atoms with Gasteiger partial charge in [0.05, 0.1) is 21.2 Å². The number of carbonyl (C=O) groups excluding carboxylic acids is 1. The summed E-state index contributed by atoms with van der Waals surface area (Å²) in [7, 11) is -2.23. The number of halogens is 1. The van der Waals surface area contributed by atoms with E-state index < -0.39 is 10.0 Å². The first kappa shape index (κ1) is 19.3. The molecule has 0 atom stereocenters. The molecule has 2 aromatic rings. The quantitative estimate of drug-likeness (QED) is 0.745. The highest BCUT2D eigenvalue weighted by atomic mass is 35.5. The molecule has 25 heavy (non-hydrogen) atoms. The molecule has 1 amide bonds. The average molecular weight is 381 g/mol. The highest BCUT2D eigenvalue weighted by Crippen LogP contribution is 2.27. The lowest BCUT2D eigenvalue weighted by atomic mass is 10.2. The molecule has 0 saturated heterocycles. The number of rotatable bonds is 7. The molecule has 0 aliphatic rings. The second-order valence-corrected chi connectivity index (χ2v) is 7.94. The summed E-state index contributed by atoms with van der Waals surface area (Å²) in [5.41, 5.74) is 0.714. The third kappa shape index (κ3) is 4.52. The van der Waals surface area contributed by atoms with Gasteiger partial charge in [-0.15, -0.1) is 0 Å². The Labute approximate surface area is 153 Å². The van der Waals surface area contributed by atoms with E-state index in [1.807, 2.05) is 6.92 Å². The molecular weight excluding hydrogens is 360 g/mol. The Morgan fingerprint density at radius 2 is 1.84 bits per heavy atom. The van der Waals surface area contributed by atoms with E-state index in [1.165, 1.54) is 31.3 Å². The summed E-state index contributed by atoms with van der Waals surface area (Å²) in [6, 6.07) is 12.7. The van der Waals surface area contributed by atoms with Gasteiger partial charge in [0, 0.05) is 13.6 Å². The predicted molar refractivity (Wildman–Crippen MR) is 101 cm³/mol. The summed E-state index contributed by atoms with van der Waals surface area (Å²) >= 11 is 6.19. The van der Waals surface area contributed by atoms with Crippen LogP contribution >= 0.6 is 11.6 Å². The summed E-state index contributed by atoms with van der Waals surface area (Å²) in [6.45, 7) is 2.62. The van der Waals surface area contributed by atoms with Crippen molar-refractivity contribution in [3.63, 3.8) is 0 Å². The van der Waals surface area contributed by atoms with E-state index >= 15 is 0 Å². The zero-order valence-electron chi connectivity index (χ0n) is 14.2. The van der Waals surface area contributed by atoms with Crippen LogP contribution in [0.15, 0.2) is 53.4 Å². The van der Waals surface area contributed by atoms with Crippen LogP contribution in [0.2, 0.25) is 5.02 Å². The van der Waals surface area contributed by atoms with E-state index in [0.717, 1.165) is 17.1 Å². The third-order valence-corrected chi connectivity index (χ3v) is 5.89. The lowest BCUT2D eigenvalue weighted by Crippen LogP contribution is -2.27. The van der Waals surface area contributed by atoms with Gasteiger partial charge in [0.15, 0.2) is 0 Å². The van der Waals surface area contributed by atoms with Crippen LogP contribution in [0.4, 0.5) is 5.69 Å². The van der Waals surface area contributed by atoms with Crippen molar-refractivity contribution in [3.8, 4) is 0 Å². The Bertz CT molecular complexity index is 839. The van der Waals surface area contributed by atoms with Crippen molar-refractivity contribution < 1.29 is 13.2 Å². The van der Waals surface area contributed by atoms with Crippen molar-refractivity contribution in [3.05, 3.63) is 59.1 Å². The van der Waals surface area contributed by atoms with Gasteiger partial charge in [0.2, 0.25) is 0 Å². The molecule has 0 aromatic heterocycles. The number of nitrogens with zero attached hydrogens (tertiary/aromatic N) is 1. The van der Waals surface area contributed by atoms with Gasteiger partial charge in [-0.1, -0.05) is 43.1 Å². The fourth-order valence-electron chi connectivity index (χ4n) is 2.25. The first-order valence-corrected chi connectivity index (χ1v) is 9.81. The molecule has 0 radical (unpaired) electrons. The van der Waals surface area contributed by atoms with Crippen LogP contribution in [0.3, 0.4) is 0 Å². The maximum atomic E-state index is 12.6. The summed E-state index contributed by atoms with van der Waals surface area (Å²) in [6.07, 6.45) is 1.87. The number of hydrogen-bond donors (Lipinski definition) is 1. The van der Waals surface area contributed by atoms with Gasteiger partial charge < -0.3 is 5.32 Å². The zero-order valence-corrected chi connectivity index (χ0v) is 15.8. The number of anilines is 1. The van der Waals surface area contributed by atoms with E-state index in [4.69, 9.17) is 11.6 Å². The van der Waals surface area contributed by atoms with E-state index in [2.05, 4.69) is 5.32 Å². The van der Waals surface area contributed by atoms with Gasteiger partial charge in [-0.3, -0.25) is 9.10 Å². The van der Waals surface area contributed by atoms with Crippen LogP contribution in [0.5, 0.6) is 0 Å². The Kier molecular flexibility index (Phi) is 6.45. The molecule has 2 rings (SSSR count). The van der Waals surface area contributed by atoms with Crippen molar-refractivity contribution >= 4 is 33.2 Å². The number of benzene rings is 2. The number of hydrogen-bond acceptors (Lipinski definition) is 3. The van der Waals surface area contributed by atoms with Crippen molar-refractivity contribution in [2.75, 3.05) is 17.9 Å². The molecule has 0 saturated carbocycles. The molecule has 2 aromatic carbocycles. The maximum absolute atomic E-state index is 12.6. The van der Waals surface area contributed by atoms with Crippen LogP contribution in [0.1, 0.15) is 30.1 Å². The molecule has 0 unspecified atom stereocenters. The molecular formula is C18H21ClN2O3S. The van der Waals surface area contributed by atoms with Gasteiger partial charge in [-0.25, -0.2) is 8.42 Å². The number of nitrogens with one attached hydrogen (secondary N) is 1. The first-order valence-electron chi connectivity index (χ1n) is 7.99. The predicted octanol–water partition coefficient (Wildman–Crippen LogP) is 3.70. The SMILES string of the molecule is CCCCNC(=O)c1ccc(N(C)S(=O)(=O)c2ccccc2)cc1Cl. The van der Waals surface area contributed by atoms with Gasteiger partial charge in [0.1, 0.15) is 0 Å². The van der Waals surface area contributed by atoms with Crippen LogP contribution in [-0.2, 0) is 10.0 Å². The number of carbonyl (C=O) groups is 1. The monoisotopic (exact) mass is 380 g/mol.